The van der Waals surface area contributed by atoms with E-state index in [0.29, 0.717) is 34.3 Å². The van der Waals surface area contributed by atoms with Gasteiger partial charge in [0, 0.05) is 18.3 Å². The lowest BCUT2D eigenvalue weighted by molar-refractivity contribution is 0.0948. The van der Waals surface area contributed by atoms with Crippen LogP contribution < -0.4 is 16.6 Å². The molecule has 0 aliphatic rings. The Morgan fingerprint density at radius 1 is 1.00 bits per heavy atom. The number of nitrogens with one attached hydrogen (secondary N) is 1. The summed E-state index contributed by atoms with van der Waals surface area (Å²) in [5, 5.41) is 3.23. The predicted octanol–water partition coefficient (Wildman–Crippen LogP) is 2.78. The predicted molar refractivity (Wildman–Crippen MR) is 122 cm³/mol. The van der Waals surface area contributed by atoms with Gasteiger partial charge in [-0.05, 0) is 42.3 Å². The second-order valence-electron chi connectivity index (χ2n) is 7.53. The minimum absolute atomic E-state index is 0.199. The van der Waals surface area contributed by atoms with Gasteiger partial charge in [0.25, 0.3) is 11.5 Å². The Labute approximate surface area is 184 Å². The number of nitrogens with zero attached hydrogens (tertiary/aromatic N) is 2. The van der Waals surface area contributed by atoms with E-state index in [9.17, 15) is 14.4 Å². The third-order valence-corrected chi connectivity index (χ3v) is 5.28. The molecular weight excluding hydrogens is 404 g/mol. The third-order valence-electron chi connectivity index (χ3n) is 5.28. The number of rotatable bonds is 6. The Hall–Kier alpha value is -4.26. The molecule has 0 atom stereocenters. The Bertz CT molecular complexity index is 1360. The largest absolute Gasteiger partial charge is 0.366 e. The van der Waals surface area contributed by atoms with Gasteiger partial charge in [0.15, 0.2) is 0 Å². The van der Waals surface area contributed by atoms with Gasteiger partial charge in [-0.1, -0.05) is 42.5 Å². The summed E-state index contributed by atoms with van der Waals surface area (Å²) in [4.78, 5) is 41.5. The smallest absolute Gasteiger partial charge is 0.260 e. The lowest BCUT2D eigenvalue weighted by Gasteiger charge is -2.11. The fourth-order valence-corrected chi connectivity index (χ4v) is 3.50. The first kappa shape index (κ1) is 21.0. The second kappa shape index (κ2) is 8.85. The van der Waals surface area contributed by atoms with E-state index in [2.05, 4.69) is 10.3 Å². The van der Waals surface area contributed by atoms with Gasteiger partial charge in [-0.3, -0.25) is 19.4 Å². The standard InChI is InChI=1S/C25H22N4O3/c1-16-20(24(31)27-14-17-7-9-19(10-8-17)23(26)30)13-21-22(28-16)11-12-29(25(21)32)15-18-5-3-2-4-6-18/h2-13H,14-15H2,1H3,(H2,26,30)(H,27,31). The topological polar surface area (TPSA) is 107 Å². The van der Waals surface area contributed by atoms with Crippen molar-refractivity contribution in [3.05, 3.63) is 111 Å². The summed E-state index contributed by atoms with van der Waals surface area (Å²) in [6.45, 7) is 2.44. The van der Waals surface area contributed by atoms with Crippen LogP contribution in [0.2, 0.25) is 0 Å². The highest BCUT2D eigenvalue weighted by molar-refractivity contribution is 5.98. The first-order valence-electron chi connectivity index (χ1n) is 10.1. The van der Waals surface area contributed by atoms with E-state index in [1.54, 1.807) is 54.1 Å². The molecule has 160 valence electrons. The number of carbonyl (C=O) groups is 2. The lowest BCUT2D eigenvalue weighted by Crippen LogP contribution is -2.25. The van der Waals surface area contributed by atoms with Crippen LogP contribution >= 0.6 is 0 Å². The highest BCUT2D eigenvalue weighted by Gasteiger charge is 2.14. The maximum atomic E-state index is 13.0. The van der Waals surface area contributed by atoms with Crippen LogP contribution in [0.15, 0.2) is 77.7 Å². The molecule has 2 aromatic heterocycles. The highest BCUT2D eigenvalue weighted by atomic mass is 16.2. The SMILES string of the molecule is Cc1nc2ccn(Cc3ccccc3)c(=O)c2cc1C(=O)NCc1ccc(C(N)=O)cc1. The van der Waals surface area contributed by atoms with Crippen molar-refractivity contribution in [3.63, 3.8) is 0 Å². The van der Waals surface area contributed by atoms with Crippen molar-refractivity contribution < 1.29 is 9.59 Å². The van der Waals surface area contributed by atoms with Crippen molar-refractivity contribution in [1.29, 1.82) is 0 Å². The van der Waals surface area contributed by atoms with Gasteiger partial charge in [-0.2, -0.15) is 0 Å². The van der Waals surface area contributed by atoms with Crippen LogP contribution in [0.4, 0.5) is 0 Å². The molecule has 7 heteroatoms. The van der Waals surface area contributed by atoms with E-state index in [1.807, 2.05) is 30.3 Å². The number of amides is 2. The van der Waals surface area contributed by atoms with Crippen LogP contribution in [0.1, 0.15) is 37.5 Å². The quantitative estimate of drug-likeness (QED) is 0.494. The van der Waals surface area contributed by atoms with Crippen molar-refractivity contribution in [2.75, 3.05) is 0 Å². The number of aromatic nitrogens is 2. The molecule has 0 bridgehead atoms. The molecular formula is C25H22N4O3. The second-order valence-corrected chi connectivity index (χ2v) is 7.53. The molecule has 0 aliphatic heterocycles. The number of primary amides is 1. The molecule has 0 saturated carbocycles. The molecule has 0 radical (unpaired) electrons. The average Bonchev–Trinajstić information content (AvgIpc) is 2.80. The zero-order valence-electron chi connectivity index (χ0n) is 17.5. The van der Waals surface area contributed by atoms with Crippen molar-refractivity contribution in [2.45, 2.75) is 20.0 Å². The number of aryl methyl sites for hydroxylation is 1. The van der Waals surface area contributed by atoms with Crippen LogP contribution in [-0.2, 0) is 13.1 Å². The lowest BCUT2D eigenvalue weighted by atomic mass is 10.1. The molecule has 7 nitrogen and oxygen atoms in total. The average molecular weight is 426 g/mol. The zero-order valence-corrected chi connectivity index (χ0v) is 17.5. The van der Waals surface area contributed by atoms with E-state index in [-0.39, 0.29) is 18.0 Å². The molecule has 0 spiro atoms. The van der Waals surface area contributed by atoms with Crippen LogP contribution in [-0.4, -0.2) is 21.4 Å². The zero-order chi connectivity index (χ0) is 22.7. The van der Waals surface area contributed by atoms with Crippen LogP contribution in [0.5, 0.6) is 0 Å². The first-order valence-corrected chi connectivity index (χ1v) is 10.1. The molecule has 4 rings (SSSR count). The molecule has 0 saturated heterocycles. The monoisotopic (exact) mass is 426 g/mol. The summed E-state index contributed by atoms with van der Waals surface area (Å²) >= 11 is 0. The van der Waals surface area contributed by atoms with E-state index >= 15 is 0 Å². The summed E-state index contributed by atoms with van der Waals surface area (Å²) in [5.74, 6) is -0.829. The molecule has 0 fully saturated rings. The van der Waals surface area contributed by atoms with Gasteiger partial charge in [-0.15, -0.1) is 0 Å². The molecule has 2 amide bonds. The van der Waals surface area contributed by atoms with Gasteiger partial charge in [-0.25, -0.2) is 0 Å². The summed E-state index contributed by atoms with van der Waals surface area (Å²) in [7, 11) is 0. The molecule has 0 unspecified atom stereocenters. The summed E-state index contributed by atoms with van der Waals surface area (Å²) < 4.78 is 1.61. The van der Waals surface area contributed by atoms with E-state index < -0.39 is 5.91 Å². The Morgan fingerprint density at radius 2 is 1.72 bits per heavy atom. The van der Waals surface area contributed by atoms with E-state index in [1.165, 1.54) is 0 Å². The maximum Gasteiger partial charge on any atom is 0.260 e. The van der Waals surface area contributed by atoms with Gasteiger partial charge in [0.2, 0.25) is 5.91 Å². The number of benzene rings is 2. The van der Waals surface area contributed by atoms with Crippen LogP contribution in [0.3, 0.4) is 0 Å². The van der Waals surface area contributed by atoms with Crippen LogP contribution in [0.25, 0.3) is 10.9 Å². The summed E-state index contributed by atoms with van der Waals surface area (Å²) in [6.07, 6.45) is 1.72. The Balaban J connectivity index is 1.58. The van der Waals surface area contributed by atoms with Crippen molar-refractivity contribution in [3.8, 4) is 0 Å². The highest BCUT2D eigenvalue weighted by Crippen LogP contribution is 2.15. The van der Waals surface area contributed by atoms with Crippen molar-refractivity contribution >= 4 is 22.7 Å². The van der Waals surface area contributed by atoms with Gasteiger partial charge >= 0.3 is 0 Å². The van der Waals surface area contributed by atoms with E-state index in [0.717, 1.165) is 11.1 Å². The molecule has 2 aromatic carbocycles. The Kier molecular flexibility index (Phi) is 5.81. The number of hydrogen-bond donors (Lipinski definition) is 2. The normalized spacial score (nSPS) is 10.8. The van der Waals surface area contributed by atoms with Crippen molar-refractivity contribution in [1.82, 2.24) is 14.9 Å². The minimum Gasteiger partial charge on any atom is -0.366 e. The van der Waals surface area contributed by atoms with Gasteiger partial charge < -0.3 is 15.6 Å². The van der Waals surface area contributed by atoms with E-state index in [4.69, 9.17) is 5.73 Å². The minimum atomic E-state index is -0.503. The number of hydrogen-bond acceptors (Lipinski definition) is 4. The molecule has 4 aromatic rings. The van der Waals surface area contributed by atoms with Gasteiger partial charge in [0.1, 0.15) is 0 Å². The molecule has 3 N–H and O–H groups in total. The summed E-state index contributed by atoms with van der Waals surface area (Å²) in [5.41, 5.74) is 8.72. The number of carbonyl (C=O) groups excluding carboxylic acids is 2. The Morgan fingerprint density at radius 3 is 2.41 bits per heavy atom. The first-order chi connectivity index (χ1) is 15.4. The molecule has 0 aliphatic carbocycles. The number of fused-ring (bicyclic) bond motifs is 1. The number of nitrogens with two attached hydrogens (primary N) is 1. The molecule has 2 heterocycles. The number of pyridine rings is 2. The van der Waals surface area contributed by atoms with Crippen molar-refractivity contribution in [2.24, 2.45) is 5.73 Å². The fraction of sp³-hybridized carbons (Fsp3) is 0.120. The van der Waals surface area contributed by atoms with Gasteiger partial charge in [0.05, 0.1) is 28.7 Å². The molecule has 32 heavy (non-hydrogen) atoms. The third kappa shape index (κ3) is 4.41. The maximum absolute atomic E-state index is 13.0. The summed E-state index contributed by atoms with van der Waals surface area (Å²) in [6, 6.07) is 19.8. The van der Waals surface area contributed by atoms with Crippen LogP contribution in [0, 0.1) is 6.92 Å². The fourth-order valence-electron chi connectivity index (χ4n) is 3.50.